The summed E-state index contributed by atoms with van der Waals surface area (Å²) in [5, 5.41) is 17.1. The van der Waals surface area contributed by atoms with Crippen molar-refractivity contribution < 1.29 is 32.6 Å². The fraction of sp³-hybridized carbons (Fsp3) is 0.222. The average molecular weight is 238 g/mol. The Balaban J connectivity index is 3.11. The van der Waals surface area contributed by atoms with Crippen molar-refractivity contribution in [3.05, 3.63) is 34.9 Å². The number of aliphatic hydroxyl groups excluding tert-OH is 1. The van der Waals surface area contributed by atoms with E-state index in [9.17, 15) is 22.4 Å². The Labute approximate surface area is 86.9 Å². The zero-order valence-corrected chi connectivity index (χ0v) is 7.68. The predicted molar refractivity (Wildman–Crippen MR) is 43.6 cm³/mol. The van der Waals surface area contributed by atoms with E-state index in [1.54, 1.807) is 0 Å². The van der Waals surface area contributed by atoms with E-state index in [0.717, 1.165) is 0 Å². The van der Waals surface area contributed by atoms with E-state index in [4.69, 9.17) is 10.2 Å². The number of benzene rings is 1. The maximum absolute atomic E-state index is 13.0. The van der Waals surface area contributed by atoms with E-state index >= 15 is 0 Å². The fourth-order valence-electron chi connectivity index (χ4n) is 1.07. The lowest BCUT2D eigenvalue weighted by Gasteiger charge is -2.08. The number of rotatable bonds is 3. The Hall–Kier alpha value is -1.63. The Morgan fingerprint density at radius 1 is 1.19 bits per heavy atom. The molecular weight excluding hydrogens is 232 g/mol. The first-order valence-corrected chi connectivity index (χ1v) is 4.07. The topological polar surface area (TPSA) is 57.5 Å². The van der Waals surface area contributed by atoms with Crippen LogP contribution < -0.4 is 0 Å². The zero-order valence-electron chi connectivity index (χ0n) is 7.68. The minimum absolute atomic E-state index is 0.305. The molecule has 0 aliphatic rings. The van der Waals surface area contributed by atoms with Gasteiger partial charge in [0.1, 0.15) is 0 Å². The summed E-state index contributed by atoms with van der Waals surface area (Å²) in [6, 6.07) is 0.305. The second-order valence-corrected chi connectivity index (χ2v) is 3.02. The third-order valence-corrected chi connectivity index (χ3v) is 1.88. The quantitative estimate of drug-likeness (QED) is 0.473. The Morgan fingerprint density at radius 3 is 2.25 bits per heavy atom. The lowest BCUT2D eigenvalue weighted by atomic mass is 10.1. The maximum atomic E-state index is 13.0. The van der Waals surface area contributed by atoms with Crippen LogP contribution in [0.15, 0.2) is 6.07 Å². The number of carbonyl (C=O) groups is 1. The van der Waals surface area contributed by atoms with Crippen molar-refractivity contribution >= 4 is 5.97 Å². The Kier molecular flexibility index (Phi) is 3.48. The minimum atomic E-state index is -2.03. The molecule has 1 unspecified atom stereocenters. The van der Waals surface area contributed by atoms with E-state index < -0.39 is 47.3 Å². The smallest absolute Gasteiger partial charge is 0.332 e. The van der Waals surface area contributed by atoms with Crippen LogP contribution in [0.5, 0.6) is 0 Å². The van der Waals surface area contributed by atoms with Crippen LogP contribution in [0.3, 0.4) is 0 Å². The predicted octanol–water partition coefficient (Wildman–Crippen LogP) is 1.23. The molecule has 0 saturated carbocycles. The highest BCUT2D eigenvalue weighted by Crippen LogP contribution is 2.19. The van der Waals surface area contributed by atoms with Crippen molar-refractivity contribution in [2.75, 3.05) is 0 Å². The number of hydrogen-bond acceptors (Lipinski definition) is 2. The van der Waals surface area contributed by atoms with Crippen molar-refractivity contribution in [1.29, 1.82) is 0 Å². The highest BCUT2D eigenvalue weighted by molar-refractivity contribution is 5.72. The van der Waals surface area contributed by atoms with Crippen LogP contribution in [-0.2, 0) is 11.2 Å². The number of carboxylic acids is 1. The highest BCUT2D eigenvalue weighted by Gasteiger charge is 2.22. The van der Waals surface area contributed by atoms with Gasteiger partial charge in [-0.15, -0.1) is 0 Å². The molecule has 3 nitrogen and oxygen atoms in total. The number of carboxylic acid groups (broad SMARTS) is 1. The van der Waals surface area contributed by atoms with Crippen molar-refractivity contribution in [2.45, 2.75) is 12.5 Å². The Bertz CT molecular complexity index is 433. The molecule has 16 heavy (non-hydrogen) atoms. The van der Waals surface area contributed by atoms with Crippen LogP contribution in [0, 0.1) is 23.3 Å². The highest BCUT2D eigenvalue weighted by atomic mass is 19.2. The zero-order chi connectivity index (χ0) is 12.5. The molecule has 2 N–H and O–H groups in total. The second-order valence-electron chi connectivity index (χ2n) is 3.02. The second kappa shape index (κ2) is 4.48. The summed E-state index contributed by atoms with van der Waals surface area (Å²) in [7, 11) is 0. The van der Waals surface area contributed by atoms with Crippen LogP contribution in [0.25, 0.3) is 0 Å². The molecule has 88 valence electrons. The molecule has 0 radical (unpaired) electrons. The molecule has 7 heteroatoms. The van der Waals surface area contributed by atoms with Gasteiger partial charge >= 0.3 is 5.97 Å². The van der Waals surface area contributed by atoms with Crippen molar-refractivity contribution in [2.24, 2.45) is 0 Å². The molecule has 1 aromatic carbocycles. The van der Waals surface area contributed by atoms with Gasteiger partial charge in [0.2, 0.25) is 0 Å². The lowest BCUT2D eigenvalue weighted by Crippen LogP contribution is -2.23. The molecule has 0 aliphatic heterocycles. The van der Waals surface area contributed by atoms with E-state index in [-0.39, 0.29) is 0 Å². The SMILES string of the molecule is O=C(O)C(O)Cc1cc(F)c(F)c(F)c1F. The fourth-order valence-corrected chi connectivity index (χ4v) is 1.07. The summed E-state index contributed by atoms with van der Waals surface area (Å²) in [6.07, 6.45) is -2.87. The number of aliphatic hydroxyl groups is 1. The van der Waals surface area contributed by atoms with E-state index in [1.165, 1.54) is 0 Å². The summed E-state index contributed by atoms with van der Waals surface area (Å²) in [5.74, 6) is -9.05. The minimum Gasteiger partial charge on any atom is -0.479 e. The van der Waals surface area contributed by atoms with Gasteiger partial charge in [-0.05, 0) is 11.6 Å². The average Bonchev–Trinajstić information content (AvgIpc) is 2.22. The van der Waals surface area contributed by atoms with E-state index in [0.29, 0.717) is 6.07 Å². The van der Waals surface area contributed by atoms with Gasteiger partial charge in [0, 0.05) is 6.42 Å². The van der Waals surface area contributed by atoms with Gasteiger partial charge in [0.25, 0.3) is 0 Å². The van der Waals surface area contributed by atoms with Gasteiger partial charge in [-0.2, -0.15) is 0 Å². The molecule has 0 saturated heterocycles. The Morgan fingerprint density at radius 2 is 1.75 bits per heavy atom. The van der Waals surface area contributed by atoms with Gasteiger partial charge < -0.3 is 10.2 Å². The summed E-state index contributed by atoms with van der Waals surface area (Å²) in [4.78, 5) is 10.2. The van der Waals surface area contributed by atoms with Gasteiger partial charge in [0.05, 0.1) is 0 Å². The summed E-state index contributed by atoms with van der Waals surface area (Å²) >= 11 is 0. The van der Waals surface area contributed by atoms with E-state index in [1.807, 2.05) is 0 Å². The summed E-state index contributed by atoms with van der Waals surface area (Å²) in [5.41, 5.74) is -0.744. The van der Waals surface area contributed by atoms with Crippen molar-refractivity contribution in [3.63, 3.8) is 0 Å². The van der Waals surface area contributed by atoms with Crippen LogP contribution in [0.4, 0.5) is 17.6 Å². The largest absolute Gasteiger partial charge is 0.479 e. The third kappa shape index (κ3) is 2.30. The summed E-state index contributed by atoms with van der Waals surface area (Å²) < 4.78 is 50.8. The van der Waals surface area contributed by atoms with Crippen LogP contribution >= 0.6 is 0 Å². The molecule has 0 spiro atoms. The molecule has 0 amide bonds. The van der Waals surface area contributed by atoms with E-state index in [2.05, 4.69) is 0 Å². The monoisotopic (exact) mass is 238 g/mol. The summed E-state index contributed by atoms with van der Waals surface area (Å²) in [6.45, 7) is 0. The standard InChI is InChI=1S/C9H6F4O3/c10-4-1-3(2-5(14)9(15)16)6(11)8(13)7(4)12/h1,5,14H,2H2,(H,15,16). The normalized spacial score (nSPS) is 12.6. The van der Waals surface area contributed by atoms with Gasteiger partial charge in [-0.25, -0.2) is 22.4 Å². The van der Waals surface area contributed by atoms with Crippen LogP contribution in [-0.4, -0.2) is 22.3 Å². The number of aliphatic carboxylic acids is 1. The molecule has 0 fully saturated rings. The van der Waals surface area contributed by atoms with Crippen molar-refractivity contribution in [3.8, 4) is 0 Å². The van der Waals surface area contributed by atoms with Gasteiger partial charge in [-0.3, -0.25) is 0 Å². The number of halogens is 4. The first kappa shape index (κ1) is 12.4. The molecule has 0 aromatic heterocycles. The van der Waals surface area contributed by atoms with Crippen LogP contribution in [0.1, 0.15) is 5.56 Å². The molecule has 0 heterocycles. The lowest BCUT2D eigenvalue weighted by molar-refractivity contribution is -0.146. The molecule has 1 rings (SSSR count). The van der Waals surface area contributed by atoms with Gasteiger partial charge in [-0.1, -0.05) is 0 Å². The van der Waals surface area contributed by atoms with Gasteiger partial charge in [0.15, 0.2) is 29.4 Å². The third-order valence-electron chi connectivity index (χ3n) is 1.88. The molecule has 0 bridgehead atoms. The first-order chi connectivity index (χ1) is 7.34. The first-order valence-electron chi connectivity index (χ1n) is 4.07. The molecule has 1 atom stereocenters. The molecule has 0 aliphatic carbocycles. The molecule has 1 aromatic rings. The van der Waals surface area contributed by atoms with Crippen LogP contribution in [0.2, 0.25) is 0 Å². The molecular formula is C9H6F4O3. The van der Waals surface area contributed by atoms with Crippen molar-refractivity contribution in [1.82, 2.24) is 0 Å². The number of hydrogen-bond donors (Lipinski definition) is 2. The maximum Gasteiger partial charge on any atom is 0.332 e.